The second kappa shape index (κ2) is 10.5. The number of carbonyl (C=O) groups excluding carboxylic acids is 2. The van der Waals surface area contributed by atoms with Gasteiger partial charge in [0.05, 0.1) is 6.04 Å². The van der Waals surface area contributed by atoms with Gasteiger partial charge in [0.25, 0.3) is 0 Å². The molecule has 0 bridgehead atoms. The average molecular weight is 424 g/mol. The zero-order chi connectivity index (χ0) is 23.2. The molecule has 0 saturated carbocycles. The minimum Gasteiger partial charge on any atom is -0.377 e. The van der Waals surface area contributed by atoms with E-state index < -0.39 is 5.41 Å². The van der Waals surface area contributed by atoms with Gasteiger partial charge in [-0.3, -0.25) is 9.59 Å². The van der Waals surface area contributed by atoms with Crippen molar-refractivity contribution in [3.8, 4) is 0 Å². The van der Waals surface area contributed by atoms with Crippen LogP contribution in [0.15, 0.2) is 48.5 Å². The summed E-state index contributed by atoms with van der Waals surface area (Å²) in [6.45, 7) is 10.4. The standard InChI is InChI=1S/C26H37N3O2/c1-8-12-24(30)27-22-15-16-23(28(6)7)21(17-22)18-29(25(31)26(3,4)5)19(2)20-13-10-9-11-14-20/h9-11,13-17,19H,8,12,18H2,1-7H3,(H,27,30). The Kier molecular flexibility index (Phi) is 8.26. The van der Waals surface area contributed by atoms with Gasteiger partial charge >= 0.3 is 0 Å². The number of rotatable bonds is 8. The maximum Gasteiger partial charge on any atom is 0.228 e. The summed E-state index contributed by atoms with van der Waals surface area (Å²) in [7, 11) is 3.98. The predicted octanol–water partition coefficient (Wildman–Crippen LogP) is 5.63. The van der Waals surface area contributed by atoms with E-state index in [0.717, 1.165) is 28.9 Å². The number of carbonyl (C=O) groups is 2. The summed E-state index contributed by atoms with van der Waals surface area (Å²) < 4.78 is 0. The molecule has 5 nitrogen and oxygen atoms in total. The monoisotopic (exact) mass is 423 g/mol. The molecule has 0 radical (unpaired) electrons. The largest absolute Gasteiger partial charge is 0.377 e. The Morgan fingerprint density at radius 1 is 1.03 bits per heavy atom. The van der Waals surface area contributed by atoms with Crippen molar-refractivity contribution in [3.05, 3.63) is 59.7 Å². The van der Waals surface area contributed by atoms with Gasteiger partial charge in [0, 0.05) is 43.9 Å². The fourth-order valence-corrected chi connectivity index (χ4v) is 3.59. The van der Waals surface area contributed by atoms with Crippen LogP contribution in [0, 0.1) is 5.41 Å². The molecule has 2 aromatic carbocycles. The molecule has 168 valence electrons. The molecule has 1 atom stereocenters. The predicted molar refractivity (Wildman–Crippen MR) is 129 cm³/mol. The van der Waals surface area contributed by atoms with Crippen molar-refractivity contribution in [1.29, 1.82) is 0 Å². The molecule has 2 aromatic rings. The third-order valence-electron chi connectivity index (χ3n) is 5.31. The van der Waals surface area contributed by atoms with Gasteiger partial charge in [-0.25, -0.2) is 0 Å². The van der Waals surface area contributed by atoms with E-state index in [1.807, 2.05) is 88.0 Å². The van der Waals surface area contributed by atoms with Crippen LogP contribution in [0.4, 0.5) is 11.4 Å². The lowest BCUT2D eigenvalue weighted by Gasteiger charge is -2.35. The Hall–Kier alpha value is -2.82. The fourth-order valence-electron chi connectivity index (χ4n) is 3.59. The molecule has 2 amide bonds. The molecule has 0 heterocycles. The molecule has 31 heavy (non-hydrogen) atoms. The molecule has 1 N–H and O–H groups in total. The van der Waals surface area contributed by atoms with Gasteiger partial charge in [0.1, 0.15) is 0 Å². The van der Waals surface area contributed by atoms with Crippen LogP contribution in [-0.2, 0) is 16.1 Å². The first-order chi connectivity index (χ1) is 14.5. The summed E-state index contributed by atoms with van der Waals surface area (Å²) in [5.41, 5.74) is 3.38. The van der Waals surface area contributed by atoms with E-state index in [4.69, 9.17) is 0 Å². The number of anilines is 2. The quantitative estimate of drug-likeness (QED) is 0.599. The topological polar surface area (TPSA) is 52.7 Å². The highest BCUT2D eigenvalue weighted by Crippen LogP contribution is 2.32. The molecule has 0 aliphatic carbocycles. The van der Waals surface area contributed by atoms with Crippen LogP contribution in [0.1, 0.15) is 64.6 Å². The van der Waals surface area contributed by atoms with Crippen molar-refractivity contribution in [3.63, 3.8) is 0 Å². The van der Waals surface area contributed by atoms with Gasteiger partial charge < -0.3 is 15.1 Å². The zero-order valence-corrected chi connectivity index (χ0v) is 20.0. The van der Waals surface area contributed by atoms with Crippen molar-refractivity contribution >= 4 is 23.2 Å². The van der Waals surface area contributed by atoms with Crippen molar-refractivity contribution < 1.29 is 9.59 Å². The van der Waals surface area contributed by atoms with E-state index in [0.29, 0.717) is 13.0 Å². The number of nitrogens with zero attached hydrogens (tertiary/aromatic N) is 2. The Labute approximate surface area is 187 Å². The highest BCUT2D eigenvalue weighted by Gasteiger charge is 2.31. The van der Waals surface area contributed by atoms with Crippen LogP contribution in [0.5, 0.6) is 0 Å². The Balaban J connectivity index is 2.46. The number of nitrogens with one attached hydrogen (secondary N) is 1. The maximum absolute atomic E-state index is 13.5. The molecule has 0 fully saturated rings. The average Bonchev–Trinajstić information content (AvgIpc) is 2.71. The van der Waals surface area contributed by atoms with Crippen LogP contribution in [0.25, 0.3) is 0 Å². The molecule has 2 rings (SSSR count). The molecular formula is C26H37N3O2. The van der Waals surface area contributed by atoms with Gasteiger partial charge in [0.2, 0.25) is 11.8 Å². The van der Waals surface area contributed by atoms with Crippen LogP contribution >= 0.6 is 0 Å². The first-order valence-electron chi connectivity index (χ1n) is 11.0. The lowest BCUT2D eigenvalue weighted by molar-refractivity contribution is -0.142. The summed E-state index contributed by atoms with van der Waals surface area (Å²) in [5.74, 6) is 0.0975. The molecule has 0 aliphatic heterocycles. The highest BCUT2D eigenvalue weighted by molar-refractivity contribution is 5.91. The van der Waals surface area contributed by atoms with Crippen LogP contribution in [0.3, 0.4) is 0 Å². The van der Waals surface area contributed by atoms with Crippen LogP contribution in [-0.4, -0.2) is 30.8 Å². The lowest BCUT2D eigenvalue weighted by Crippen LogP contribution is -2.40. The maximum atomic E-state index is 13.5. The summed E-state index contributed by atoms with van der Waals surface area (Å²) in [5, 5.41) is 2.98. The Morgan fingerprint density at radius 2 is 1.68 bits per heavy atom. The number of hydrogen-bond acceptors (Lipinski definition) is 3. The summed E-state index contributed by atoms with van der Waals surface area (Å²) in [6, 6.07) is 15.9. The normalized spacial score (nSPS) is 12.2. The van der Waals surface area contributed by atoms with Crippen molar-refractivity contribution in [2.75, 3.05) is 24.3 Å². The van der Waals surface area contributed by atoms with E-state index in [-0.39, 0.29) is 17.9 Å². The minimum absolute atomic E-state index is 0.00586. The minimum atomic E-state index is -0.506. The fraction of sp³-hybridized carbons (Fsp3) is 0.462. The Bertz CT molecular complexity index is 885. The van der Waals surface area contributed by atoms with Gasteiger partial charge in [-0.1, -0.05) is 58.0 Å². The molecule has 0 spiro atoms. The second-order valence-electron chi connectivity index (χ2n) is 9.31. The SMILES string of the molecule is CCCC(=O)Nc1ccc(N(C)C)c(CN(C(=O)C(C)(C)C)C(C)c2ccccc2)c1. The summed E-state index contributed by atoms with van der Waals surface area (Å²) in [6.07, 6.45) is 1.29. The van der Waals surface area contributed by atoms with Crippen molar-refractivity contribution in [1.82, 2.24) is 4.90 Å². The molecule has 1 unspecified atom stereocenters. The highest BCUT2D eigenvalue weighted by atomic mass is 16.2. The summed E-state index contributed by atoms with van der Waals surface area (Å²) in [4.78, 5) is 29.5. The van der Waals surface area contributed by atoms with E-state index >= 15 is 0 Å². The van der Waals surface area contributed by atoms with Gasteiger partial charge in [0.15, 0.2) is 0 Å². The van der Waals surface area contributed by atoms with E-state index in [9.17, 15) is 9.59 Å². The molecular weight excluding hydrogens is 386 g/mol. The smallest absolute Gasteiger partial charge is 0.228 e. The first kappa shape index (κ1) is 24.4. The van der Waals surface area contributed by atoms with Crippen molar-refractivity contribution in [2.24, 2.45) is 5.41 Å². The summed E-state index contributed by atoms with van der Waals surface area (Å²) >= 11 is 0. The van der Waals surface area contributed by atoms with Crippen LogP contribution < -0.4 is 10.2 Å². The third-order valence-corrected chi connectivity index (χ3v) is 5.31. The number of hydrogen-bond donors (Lipinski definition) is 1. The van der Waals surface area contributed by atoms with E-state index in [2.05, 4.69) is 24.4 Å². The molecule has 0 saturated heterocycles. The first-order valence-corrected chi connectivity index (χ1v) is 11.0. The van der Waals surface area contributed by atoms with Gasteiger partial charge in [-0.2, -0.15) is 0 Å². The van der Waals surface area contributed by atoms with Crippen LogP contribution in [0.2, 0.25) is 0 Å². The van der Waals surface area contributed by atoms with Gasteiger partial charge in [-0.05, 0) is 42.7 Å². The zero-order valence-electron chi connectivity index (χ0n) is 20.0. The number of benzene rings is 2. The molecule has 5 heteroatoms. The molecule has 0 aliphatic rings. The Morgan fingerprint density at radius 3 is 2.23 bits per heavy atom. The van der Waals surface area contributed by atoms with Gasteiger partial charge in [-0.15, -0.1) is 0 Å². The number of amides is 2. The van der Waals surface area contributed by atoms with Crippen molar-refractivity contribution in [2.45, 2.75) is 60.0 Å². The lowest BCUT2D eigenvalue weighted by atomic mass is 9.92. The third kappa shape index (κ3) is 6.58. The molecule has 0 aromatic heterocycles. The van der Waals surface area contributed by atoms with E-state index in [1.165, 1.54) is 0 Å². The second-order valence-corrected chi connectivity index (χ2v) is 9.31. The van der Waals surface area contributed by atoms with E-state index in [1.54, 1.807) is 0 Å².